The first-order valence-electron chi connectivity index (χ1n) is 7.99. The van der Waals surface area contributed by atoms with Gasteiger partial charge in [0.25, 0.3) is 0 Å². The third-order valence-electron chi connectivity index (χ3n) is 4.46. The molecular formula is C18H18BrN3O2. The third kappa shape index (κ3) is 2.99. The summed E-state index contributed by atoms with van der Waals surface area (Å²) < 4.78 is 6.22. The van der Waals surface area contributed by atoms with Crippen molar-refractivity contribution in [1.82, 2.24) is 15.5 Å². The molecule has 3 unspecified atom stereocenters. The van der Waals surface area contributed by atoms with Gasteiger partial charge in [-0.25, -0.2) is 0 Å². The van der Waals surface area contributed by atoms with Gasteiger partial charge in [0.2, 0.25) is 5.91 Å². The molecule has 0 radical (unpaired) electrons. The van der Waals surface area contributed by atoms with Crippen LogP contribution in [0.4, 0.5) is 0 Å². The number of rotatable bonds is 4. The minimum atomic E-state index is -0.268. The zero-order valence-corrected chi connectivity index (χ0v) is 14.6. The molecule has 124 valence electrons. The molecular weight excluding hydrogens is 370 g/mol. The van der Waals surface area contributed by atoms with Gasteiger partial charge in [0.1, 0.15) is 11.9 Å². The van der Waals surface area contributed by atoms with E-state index in [-0.39, 0.29) is 24.2 Å². The first-order valence-corrected chi connectivity index (χ1v) is 8.78. The number of furan rings is 1. The van der Waals surface area contributed by atoms with Crippen molar-refractivity contribution in [3.8, 4) is 0 Å². The minimum absolute atomic E-state index is 0.0704. The maximum Gasteiger partial charge on any atom is 0.245 e. The molecule has 3 heterocycles. The van der Waals surface area contributed by atoms with Crippen LogP contribution in [0.3, 0.4) is 0 Å². The van der Waals surface area contributed by atoms with Crippen LogP contribution in [0, 0.1) is 0 Å². The molecule has 0 aliphatic carbocycles. The highest BCUT2D eigenvalue weighted by Crippen LogP contribution is 2.25. The number of nitrogens with zero attached hydrogens (tertiary/aromatic N) is 1. The summed E-state index contributed by atoms with van der Waals surface area (Å²) in [5, 5.41) is 6.89. The number of amides is 1. The molecule has 3 atom stereocenters. The number of benzene rings is 1. The van der Waals surface area contributed by atoms with Gasteiger partial charge in [-0.1, -0.05) is 30.3 Å². The molecule has 2 aliphatic rings. The zero-order valence-electron chi connectivity index (χ0n) is 13.0. The Bertz CT molecular complexity index is 745. The number of carbonyl (C=O) groups excluding carboxylic acids is 1. The number of hydrogen-bond donors (Lipinski definition) is 2. The molecule has 2 aromatic rings. The molecule has 0 saturated carbocycles. The van der Waals surface area contributed by atoms with Crippen LogP contribution in [0.25, 0.3) is 0 Å². The van der Waals surface area contributed by atoms with Crippen molar-refractivity contribution < 1.29 is 9.21 Å². The standard InChI is InChI=1S/C18H18BrN3O2/c19-16-11-22-17(14(20-16)9-12-5-2-1-3-6-12)21-15(18(22)23)10-13-7-4-8-24-13/h1-8,11,14-15,17,20-21H,9-10H2. The predicted octanol–water partition coefficient (Wildman–Crippen LogP) is 2.36. The molecule has 0 spiro atoms. The zero-order chi connectivity index (χ0) is 16.5. The van der Waals surface area contributed by atoms with E-state index in [1.54, 1.807) is 11.2 Å². The summed E-state index contributed by atoms with van der Waals surface area (Å²) in [4.78, 5) is 14.5. The maximum absolute atomic E-state index is 12.7. The second kappa shape index (κ2) is 6.45. The second-order valence-corrected chi connectivity index (χ2v) is 6.97. The molecule has 0 bridgehead atoms. The number of carbonyl (C=O) groups is 1. The van der Waals surface area contributed by atoms with E-state index in [0.29, 0.717) is 6.42 Å². The topological polar surface area (TPSA) is 57.5 Å². The highest BCUT2D eigenvalue weighted by Gasteiger charge is 2.44. The lowest BCUT2D eigenvalue weighted by atomic mass is 10.0. The van der Waals surface area contributed by atoms with Gasteiger partial charge in [0, 0.05) is 12.6 Å². The van der Waals surface area contributed by atoms with Gasteiger partial charge < -0.3 is 9.73 Å². The summed E-state index contributed by atoms with van der Waals surface area (Å²) in [6.07, 6.45) is 4.78. The molecule has 6 heteroatoms. The molecule has 5 nitrogen and oxygen atoms in total. The van der Waals surface area contributed by atoms with Crippen LogP contribution >= 0.6 is 15.9 Å². The van der Waals surface area contributed by atoms with E-state index < -0.39 is 0 Å². The van der Waals surface area contributed by atoms with Crippen molar-refractivity contribution >= 4 is 21.8 Å². The Hall–Kier alpha value is -2.05. The average molecular weight is 388 g/mol. The highest BCUT2D eigenvalue weighted by atomic mass is 79.9. The van der Waals surface area contributed by atoms with Crippen molar-refractivity contribution in [3.63, 3.8) is 0 Å². The Labute approximate surface area is 148 Å². The lowest BCUT2D eigenvalue weighted by Crippen LogP contribution is -2.54. The van der Waals surface area contributed by atoms with Crippen molar-refractivity contribution in [2.24, 2.45) is 0 Å². The van der Waals surface area contributed by atoms with E-state index in [1.165, 1.54) is 5.56 Å². The first-order chi connectivity index (χ1) is 11.7. The normalized spacial score (nSPS) is 26.0. The van der Waals surface area contributed by atoms with Crippen LogP contribution < -0.4 is 10.6 Å². The molecule has 2 N–H and O–H groups in total. The van der Waals surface area contributed by atoms with Crippen LogP contribution in [0.5, 0.6) is 0 Å². The smallest absolute Gasteiger partial charge is 0.245 e. The van der Waals surface area contributed by atoms with Crippen molar-refractivity contribution in [1.29, 1.82) is 0 Å². The van der Waals surface area contributed by atoms with Crippen LogP contribution in [-0.4, -0.2) is 29.1 Å². The fourth-order valence-corrected chi connectivity index (χ4v) is 3.87. The third-order valence-corrected chi connectivity index (χ3v) is 4.90. The summed E-state index contributed by atoms with van der Waals surface area (Å²) >= 11 is 3.50. The van der Waals surface area contributed by atoms with Crippen molar-refractivity contribution in [3.05, 3.63) is 70.9 Å². The van der Waals surface area contributed by atoms with E-state index in [4.69, 9.17) is 4.42 Å². The number of fused-ring (bicyclic) bond motifs is 1. The molecule has 1 amide bonds. The van der Waals surface area contributed by atoms with E-state index in [2.05, 4.69) is 38.7 Å². The fraction of sp³-hybridized carbons (Fsp3) is 0.278. The van der Waals surface area contributed by atoms with E-state index in [9.17, 15) is 4.79 Å². The largest absolute Gasteiger partial charge is 0.469 e. The van der Waals surface area contributed by atoms with E-state index in [0.717, 1.165) is 16.8 Å². The Morgan fingerprint density at radius 1 is 1.12 bits per heavy atom. The molecule has 1 fully saturated rings. The Balaban J connectivity index is 1.54. The van der Waals surface area contributed by atoms with E-state index >= 15 is 0 Å². The molecule has 1 aromatic carbocycles. The SMILES string of the molecule is O=C1C(Cc2ccco2)NC2C(Cc3ccccc3)NC(Br)=CN12. The maximum atomic E-state index is 12.7. The summed E-state index contributed by atoms with van der Waals surface area (Å²) in [5.41, 5.74) is 1.24. The second-order valence-electron chi connectivity index (χ2n) is 6.11. The summed E-state index contributed by atoms with van der Waals surface area (Å²) in [5.74, 6) is 0.893. The van der Waals surface area contributed by atoms with Crippen molar-refractivity contribution in [2.75, 3.05) is 0 Å². The lowest BCUT2D eigenvalue weighted by Gasteiger charge is -2.35. The Kier molecular flexibility index (Phi) is 4.16. The van der Waals surface area contributed by atoms with Gasteiger partial charge in [0.05, 0.1) is 23.0 Å². The van der Waals surface area contributed by atoms with Crippen LogP contribution in [-0.2, 0) is 17.6 Å². The molecule has 24 heavy (non-hydrogen) atoms. The average Bonchev–Trinajstić information content (AvgIpc) is 3.19. The number of hydrogen-bond acceptors (Lipinski definition) is 4. The first kappa shape index (κ1) is 15.5. The van der Waals surface area contributed by atoms with Gasteiger partial charge in [0.15, 0.2) is 0 Å². The minimum Gasteiger partial charge on any atom is -0.469 e. The van der Waals surface area contributed by atoms with Crippen LogP contribution in [0.2, 0.25) is 0 Å². The highest BCUT2D eigenvalue weighted by molar-refractivity contribution is 9.11. The molecule has 1 aromatic heterocycles. The molecule has 1 saturated heterocycles. The number of halogens is 1. The van der Waals surface area contributed by atoms with E-state index in [1.807, 2.05) is 36.5 Å². The predicted molar refractivity (Wildman–Crippen MR) is 94.0 cm³/mol. The Morgan fingerprint density at radius 3 is 2.71 bits per heavy atom. The van der Waals surface area contributed by atoms with Gasteiger partial charge in [-0.2, -0.15) is 0 Å². The van der Waals surface area contributed by atoms with Gasteiger partial charge in [-0.3, -0.25) is 15.0 Å². The monoisotopic (exact) mass is 387 g/mol. The van der Waals surface area contributed by atoms with Crippen LogP contribution in [0.15, 0.2) is 64.0 Å². The van der Waals surface area contributed by atoms with Gasteiger partial charge in [-0.05, 0) is 40.0 Å². The fourth-order valence-electron chi connectivity index (χ4n) is 3.35. The molecule has 2 aliphatic heterocycles. The van der Waals surface area contributed by atoms with Gasteiger partial charge >= 0.3 is 0 Å². The quantitative estimate of drug-likeness (QED) is 0.790. The van der Waals surface area contributed by atoms with Crippen LogP contribution in [0.1, 0.15) is 11.3 Å². The lowest BCUT2D eigenvalue weighted by molar-refractivity contribution is -0.128. The Morgan fingerprint density at radius 2 is 1.96 bits per heavy atom. The summed E-state index contributed by atoms with van der Waals surface area (Å²) in [6.45, 7) is 0. The molecule has 4 rings (SSSR count). The van der Waals surface area contributed by atoms with Gasteiger partial charge in [-0.15, -0.1) is 0 Å². The number of nitrogens with one attached hydrogen (secondary N) is 2. The summed E-state index contributed by atoms with van der Waals surface area (Å²) in [6, 6.07) is 13.9. The summed E-state index contributed by atoms with van der Waals surface area (Å²) in [7, 11) is 0. The van der Waals surface area contributed by atoms with Crippen molar-refractivity contribution in [2.45, 2.75) is 31.1 Å².